The number of benzene rings is 2. The van der Waals surface area contributed by atoms with Crippen molar-refractivity contribution in [2.24, 2.45) is 4.99 Å². The molecule has 2 aliphatic heterocycles. The lowest BCUT2D eigenvalue weighted by Crippen LogP contribution is -2.27. The molecule has 0 aliphatic carbocycles. The highest BCUT2D eigenvalue weighted by molar-refractivity contribution is 6.32. The number of aromatic nitrogens is 1. The number of aliphatic imine (C=N–C) groups is 1. The SMILES string of the molecule is Clc1cc(C2CCNCC2)nc2c1CC(c1ccc(COc3ccccc3)cc1)=N2. The standard InChI is InChI=1S/C25H24ClN3O/c26-22-15-24(19-10-12-27-13-11-19)29-25-21(22)14-23(28-25)18-8-6-17(7-9-18)16-30-20-4-2-1-3-5-20/h1-9,15,19,27H,10-14,16H2. The summed E-state index contributed by atoms with van der Waals surface area (Å²) in [7, 11) is 0. The van der Waals surface area contributed by atoms with E-state index in [-0.39, 0.29) is 0 Å². The van der Waals surface area contributed by atoms with Crippen LogP contribution in [0.5, 0.6) is 5.75 Å². The Morgan fingerprint density at radius 2 is 1.77 bits per heavy atom. The summed E-state index contributed by atoms with van der Waals surface area (Å²) in [5.41, 5.74) is 5.39. The zero-order chi connectivity index (χ0) is 20.3. The van der Waals surface area contributed by atoms with E-state index in [1.807, 2.05) is 30.3 Å². The number of piperidine rings is 1. The molecule has 152 valence electrons. The minimum atomic E-state index is 0.470. The number of hydrogen-bond donors (Lipinski definition) is 1. The number of pyridine rings is 1. The summed E-state index contributed by atoms with van der Waals surface area (Å²) in [6.07, 6.45) is 2.93. The van der Waals surface area contributed by atoms with Crippen molar-refractivity contribution in [2.45, 2.75) is 31.8 Å². The van der Waals surface area contributed by atoms with E-state index in [0.29, 0.717) is 12.5 Å². The van der Waals surface area contributed by atoms with Gasteiger partial charge in [-0.2, -0.15) is 0 Å². The molecule has 3 heterocycles. The van der Waals surface area contributed by atoms with Gasteiger partial charge in [0.25, 0.3) is 0 Å². The van der Waals surface area contributed by atoms with Crippen LogP contribution in [0.1, 0.15) is 41.1 Å². The highest BCUT2D eigenvalue weighted by atomic mass is 35.5. The van der Waals surface area contributed by atoms with Crippen LogP contribution in [0, 0.1) is 0 Å². The average Bonchev–Trinajstić information content (AvgIpc) is 3.24. The van der Waals surface area contributed by atoms with Gasteiger partial charge in [0.2, 0.25) is 0 Å². The molecule has 0 unspecified atom stereocenters. The fraction of sp³-hybridized carbons (Fsp3) is 0.280. The largest absolute Gasteiger partial charge is 0.489 e. The fourth-order valence-corrected chi connectivity index (χ4v) is 4.37. The van der Waals surface area contributed by atoms with Crippen LogP contribution in [0.2, 0.25) is 5.02 Å². The van der Waals surface area contributed by atoms with Crippen LogP contribution in [0.4, 0.5) is 5.82 Å². The van der Waals surface area contributed by atoms with E-state index in [0.717, 1.165) is 77.0 Å². The van der Waals surface area contributed by atoms with Gasteiger partial charge >= 0.3 is 0 Å². The Kier molecular flexibility index (Phi) is 5.52. The Balaban J connectivity index is 1.31. The number of hydrogen-bond acceptors (Lipinski definition) is 4. The molecule has 1 N–H and O–H groups in total. The van der Waals surface area contributed by atoms with E-state index in [9.17, 15) is 0 Å². The Labute approximate surface area is 182 Å². The minimum Gasteiger partial charge on any atom is -0.489 e. The molecule has 0 bridgehead atoms. The first-order chi connectivity index (χ1) is 14.8. The van der Waals surface area contributed by atoms with Crippen LogP contribution < -0.4 is 10.1 Å². The predicted octanol–water partition coefficient (Wildman–Crippen LogP) is 5.46. The maximum atomic E-state index is 6.63. The number of rotatable bonds is 5. The number of ether oxygens (including phenoxy) is 1. The molecular formula is C25H24ClN3O. The number of para-hydroxylation sites is 1. The van der Waals surface area contributed by atoms with Gasteiger partial charge in [0.05, 0.1) is 5.71 Å². The quantitative estimate of drug-likeness (QED) is 0.599. The third-order valence-corrected chi connectivity index (χ3v) is 6.18. The van der Waals surface area contributed by atoms with Crippen molar-refractivity contribution < 1.29 is 4.74 Å². The number of halogens is 1. The molecule has 2 aliphatic rings. The van der Waals surface area contributed by atoms with Crippen molar-refractivity contribution in [2.75, 3.05) is 13.1 Å². The maximum absolute atomic E-state index is 6.63. The van der Waals surface area contributed by atoms with Crippen LogP contribution in [0.25, 0.3) is 0 Å². The second-order valence-electron chi connectivity index (χ2n) is 7.89. The van der Waals surface area contributed by atoms with E-state index < -0.39 is 0 Å². The molecular weight excluding hydrogens is 394 g/mol. The fourth-order valence-electron chi connectivity index (χ4n) is 4.11. The van der Waals surface area contributed by atoms with Gasteiger partial charge in [-0.3, -0.25) is 0 Å². The molecule has 1 fully saturated rings. The first-order valence-electron chi connectivity index (χ1n) is 10.5. The van der Waals surface area contributed by atoms with Crippen LogP contribution in [-0.2, 0) is 13.0 Å². The van der Waals surface area contributed by atoms with Crippen molar-refractivity contribution in [3.8, 4) is 5.75 Å². The molecule has 1 aromatic heterocycles. The lowest BCUT2D eigenvalue weighted by atomic mass is 9.93. The van der Waals surface area contributed by atoms with Crippen LogP contribution in [-0.4, -0.2) is 23.8 Å². The lowest BCUT2D eigenvalue weighted by Gasteiger charge is -2.22. The highest BCUT2D eigenvalue weighted by Crippen LogP contribution is 2.36. The van der Waals surface area contributed by atoms with Gasteiger partial charge in [-0.1, -0.05) is 54.1 Å². The van der Waals surface area contributed by atoms with E-state index >= 15 is 0 Å². The Morgan fingerprint density at radius 3 is 2.53 bits per heavy atom. The van der Waals surface area contributed by atoms with E-state index in [1.54, 1.807) is 0 Å². The van der Waals surface area contributed by atoms with Crippen LogP contribution in [0.15, 0.2) is 65.7 Å². The summed E-state index contributed by atoms with van der Waals surface area (Å²) < 4.78 is 5.83. The van der Waals surface area contributed by atoms with E-state index in [1.165, 1.54) is 0 Å². The van der Waals surface area contributed by atoms with Crippen LogP contribution >= 0.6 is 11.6 Å². The summed E-state index contributed by atoms with van der Waals surface area (Å²) in [4.78, 5) is 9.71. The molecule has 4 nitrogen and oxygen atoms in total. The van der Waals surface area contributed by atoms with Gasteiger partial charge in [-0.15, -0.1) is 0 Å². The Morgan fingerprint density at radius 1 is 1.00 bits per heavy atom. The summed E-state index contributed by atoms with van der Waals surface area (Å²) >= 11 is 6.63. The molecule has 2 aromatic carbocycles. The van der Waals surface area contributed by atoms with Gasteiger partial charge in [0.15, 0.2) is 5.82 Å². The summed E-state index contributed by atoms with van der Waals surface area (Å²) in [5, 5.41) is 4.20. The Hall–Kier alpha value is -2.69. The van der Waals surface area contributed by atoms with Crippen molar-refractivity contribution in [1.82, 2.24) is 10.3 Å². The van der Waals surface area contributed by atoms with Crippen molar-refractivity contribution in [3.05, 3.63) is 88.1 Å². The normalized spacial score (nSPS) is 16.2. The van der Waals surface area contributed by atoms with Gasteiger partial charge in [0, 0.05) is 28.6 Å². The first-order valence-corrected chi connectivity index (χ1v) is 10.9. The van der Waals surface area contributed by atoms with Crippen LogP contribution in [0.3, 0.4) is 0 Å². The third-order valence-electron chi connectivity index (χ3n) is 5.85. The molecule has 0 saturated carbocycles. The second kappa shape index (κ2) is 8.58. The molecule has 0 radical (unpaired) electrons. The van der Waals surface area contributed by atoms with E-state index in [4.69, 9.17) is 26.3 Å². The number of fused-ring (bicyclic) bond motifs is 1. The molecule has 1 saturated heterocycles. The third kappa shape index (κ3) is 4.11. The van der Waals surface area contributed by atoms with Gasteiger partial charge < -0.3 is 10.1 Å². The minimum absolute atomic E-state index is 0.470. The summed E-state index contributed by atoms with van der Waals surface area (Å²) in [6.45, 7) is 2.62. The van der Waals surface area contributed by atoms with Gasteiger partial charge in [-0.05, 0) is 55.3 Å². The number of nitrogens with one attached hydrogen (secondary N) is 1. The Bertz CT molecular complexity index is 1060. The lowest BCUT2D eigenvalue weighted by molar-refractivity contribution is 0.306. The van der Waals surface area contributed by atoms with Gasteiger partial charge in [0.1, 0.15) is 12.4 Å². The molecule has 30 heavy (non-hydrogen) atoms. The monoisotopic (exact) mass is 417 g/mol. The second-order valence-corrected chi connectivity index (χ2v) is 8.30. The first kappa shape index (κ1) is 19.3. The zero-order valence-corrected chi connectivity index (χ0v) is 17.5. The highest BCUT2D eigenvalue weighted by Gasteiger charge is 2.24. The van der Waals surface area contributed by atoms with Crippen molar-refractivity contribution in [1.29, 1.82) is 0 Å². The average molecular weight is 418 g/mol. The molecule has 5 heteroatoms. The molecule has 5 rings (SSSR count). The number of nitrogens with zero attached hydrogens (tertiary/aromatic N) is 2. The topological polar surface area (TPSA) is 46.5 Å². The molecule has 0 amide bonds. The van der Waals surface area contributed by atoms with E-state index in [2.05, 4.69) is 35.6 Å². The molecule has 0 atom stereocenters. The summed E-state index contributed by atoms with van der Waals surface area (Å²) in [6, 6.07) is 20.3. The van der Waals surface area contributed by atoms with Gasteiger partial charge in [-0.25, -0.2) is 9.98 Å². The maximum Gasteiger partial charge on any atom is 0.157 e. The smallest absolute Gasteiger partial charge is 0.157 e. The predicted molar refractivity (Wildman–Crippen MR) is 121 cm³/mol. The summed E-state index contributed by atoms with van der Waals surface area (Å²) in [5.74, 6) is 2.14. The zero-order valence-electron chi connectivity index (χ0n) is 16.8. The molecule has 0 spiro atoms. The van der Waals surface area contributed by atoms with Crippen molar-refractivity contribution in [3.63, 3.8) is 0 Å². The molecule has 3 aromatic rings. The van der Waals surface area contributed by atoms with Crippen molar-refractivity contribution >= 4 is 23.1 Å².